The van der Waals surface area contributed by atoms with Crippen LogP contribution in [0.1, 0.15) is 219 Å². The summed E-state index contributed by atoms with van der Waals surface area (Å²) in [5.41, 5.74) is 0. The van der Waals surface area contributed by atoms with E-state index in [1.165, 1.54) is 141 Å². The van der Waals surface area contributed by atoms with Crippen molar-refractivity contribution in [2.75, 3.05) is 13.2 Å². The number of carbonyl (C=O) groups excluding carboxylic acids is 2. The van der Waals surface area contributed by atoms with Crippen molar-refractivity contribution in [2.45, 2.75) is 256 Å². The van der Waals surface area contributed by atoms with E-state index in [1.54, 1.807) is 0 Å². The predicted octanol–water partition coefficient (Wildman–Crippen LogP) is 9.87. The molecule has 330 valence electrons. The summed E-state index contributed by atoms with van der Waals surface area (Å²) < 4.78 is 21.7. The number of rotatable bonds is 39. The van der Waals surface area contributed by atoms with Gasteiger partial charge in [0.2, 0.25) is 0 Å². The van der Waals surface area contributed by atoms with E-state index in [1.807, 2.05) is 0 Å². The lowest BCUT2D eigenvalue weighted by Crippen LogP contribution is -2.60. The van der Waals surface area contributed by atoms with Crippen molar-refractivity contribution >= 4 is 17.9 Å². The second-order valence-electron chi connectivity index (χ2n) is 16.3. The first-order chi connectivity index (χ1) is 27.2. The highest BCUT2D eigenvalue weighted by atomic mass is 16.7. The fraction of sp³-hybridized carbons (Fsp3) is 0.933. The molecule has 0 aromatic heterocycles. The van der Waals surface area contributed by atoms with Crippen LogP contribution in [0.3, 0.4) is 0 Å². The first kappa shape index (κ1) is 52.2. The van der Waals surface area contributed by atoms with Gasteiger partial charge in [-0.05, 0) is 12.8 Å². The zero-order valence-electron chi connectivity index (χ0n) is 35.7. The summed E-state index contributed by atoms with van der Waals surface area (Å²) in [6, 6.07) is 0. The van der Waals surface area contributed by atoms with Gasteiger partial charge in [-0.25, -0.2) is 4.79 Å². The number of carboxylic acids is 1. The molecular weight excluding hydrogens is 716 g/mol. The second-order valence-corrected chi connectivity index (χ2v) is 16.3. The van der Waals surface area contributed by atoms with E-state index in [9.17, 15) is 34.8 Å². The maximum absolute atomic E-state index is 12.7. The number of aliphatic carboxylic acids is 1. The van der Waals surface area contributed by atoms with E-state index in [4.69, 9.17) is 18.9 Å². The quantitative estimate of drug-likeness (QED) is 0.0345. The number of aliphatic hydroxyl groups excluding tert-OH is 3. The van der Waals surface area contributed by atoms with Crippen LogP contribution in [-0.2, 0) is 33.3 Å². The molecule has 1 aliphatic rings. The van der Waals surface area contributed by atoms with Gasteiger partial charge < -0.3 is 39.4 Å². The van der Waals surface area contributed by atoms with Gasteiger partial charge in [0.05, 0.1) is 6.61 Å². The lowest BCUT2D eigenvalue weighted by molar-refractivity contribution is -0.298. The molecule has 1 fully saturated rings. The highest BCUT2D eigenvalue weighted by Crippen LogP contribution is 2.23. The molecule has 0 bridgehead atoms. The Labute approximate surface area is 340 Å². The first-order valence-electron chi connectivity index (χ1n) is 23.1. The van der Waals surface area contributed by atoms with Crippen molar-refractivity contribution in [1.82, 2.24) is 0 Å². The Morgan fingerprint density at radius 1 is 0.482 bits per heavy atom. The molecule has 1 saturated heterocycles. The summed E-state index contributed by atoms with van der Waals surface area (Å²) in [6.07, 6.45) is 27.3. The van der Waals surface area contributed by atoms with Gasteiger partial charge in [-0.3, -0.25) is 9.59 Å². The smallest absolute Gasteiger partial charge is 0.335 e. The minimum atomic E-state index is -1.85. The van der Waals surface area contributed by atoms with Gasteiger partial charge >= 0.3 is 17.9 Å². The number of hydrogen-bond acceptors (Lipinski definition) is 10. The zero-order chi connectivity index (χ0) is 41.1. The Balaban J connectivity index is 2.30. The van der Waals surface area contributed by atoms with E-state index in [0.717, 1.165) is 38.5 Å². The minimum absolute atomic E-state index is 0.190. The summed E-state index contributed by atoms with van der Waals surface area (Å²) in [4.78, 5) is 36.8. The van der Waals surface area contributed by atoms with Crippen LogP contribution in [0.2, 0.25) is 0 Å². The van der Waals surface area contributed by atoms with Crippen molar-refractivity contribution in [3.05, 3.63) is 0 Å². The standard InChI is InChI=1S/C45H84O11/c1-3-5-7-9-11-13-15-16-17-18-19-20-21-22-24-25-27-29-31-33-38(46)53-35-37(36-54-45-42(50)40(48)41(49)43(56-45)44(51)52)55-39(47)34-32-30-28-26-23-14-12-10-8-6-4-2/h37,40-43,45,48-50H,3-36H2,1-2H3,(H,51,52). The van der Waals surface area contributed by atoms with Gasteiger partial charge in [-0.15, -0.1) is 0 Å². The Hall–Kier alpha value is -1.79. The number of carbonyl (C=O) groups is 3. The maximum Gasteiger partial charge on any atom is 0.335 e. The number of esters is 2. The molecule has 0 amide bonds. The molecule has 0 aromatic rings. The van der Waals surface area contributed by atoms with Crippen LogP contribution >= 0.6 is 0 Å². The molecule has 6 unspecified atom stereocenters. The van der Waals surface area contributed by atoms with Crippen LogP contribution in [0, 0.1) is 0 Å². The molecule has 0 radical (unpaired) electrons. The molecule has 1 aliphatic heterocycles. The average molecular weight is 801 g/mol. The number of hydrogen-bond donors (Lipinski definition) is 4. The third-order valence-electron chi connectivity index (χ3n) is 11.0. The molecule has 0 aromatic carbocycles. The van der Waals surface area contributed by atoms with Crippen LogP contribution in [0.4, 0.5) is 0 Å². The van der Waals surface area contributed by atoms with Crippen LogP contribution in [0.25, 0.3) is 0 Å². The van der Waals surface area contributed by atoms with Gasteiger partial charge in [0.1, 0.15) is 24.9 Å². The van der Waals surface area contributed by atoms with Gasteiger partial charge in [0.25, 0.3) is 0 Å². The molecule has 56 heavy (non-hydrogen) atoms. The van der Waals surface area contributed by atoms with Crippen molar-refractivity contribution < 1.29 is 53.8 Å². The molecule has 4 N–H and O–H groups in total. The fourth-order valence-corrected chi connectivity index (χ4v) is 7.29. The molecule has 0 spiro atoms. The highest BCUT2D eigenvalue weighted by Gasteiger charge is 2.47. The molecule has 11 nitrogen and oxygen atoms in total. The van der Waals surface area contributed by atoms with Crippen molar-refractivity contribution in [2.24, 2.45) is 0 Å². The Bertz CT molecular complexity index is 947. The number of carboxylic acid groups (broad SMARTS) is 1. The average Bonchev–Trinajstić information content (AvgIpc) is 3.18. The SMILES string of the molecule is CCCCCCCCCCCCCCCCCCCCCC(=O)OCC(COC1OC(C(=O)O)C(O)C(O)C1O)OC(=O)CCCCCCCCCCCCC. The summed E-state index contributed by atoms with van der Waals surface area (Å²) >= 11 is 0. The van der Waals surface area contributed by atoms with Crippen LogP contribution in [0.5, 0.6) is 0 Å². The molecule has 6 atom stereocenters. The van der Waals surface area contributed by atoms with E-state index >= 15 is 0 Å². The Morgan fingerprint density at radius 3 is 1.21 bits per heavy atom. The Kier molecular flexibility index (Phi) is 33.9. The van der Waals surface area contributed by atoms with Gasteiger partial charge in [0.15, 0.2) is 18.5 Å². The maximum atomic E-state index is 12.7. The predicted molar refractivity (Wildman–Crippen MR) is 220 cm³/mol. The minimum Gasteiger partial charge on any atom is -0.479 e. The van der Waals surface area contributed by atoms with Crippen molar-refractivity contribution in [3.63, 3.8) is 0 Å². The number of aliphatic hydroxyl groups is 3. The molecule has 1 heterocycles. The second kappa shape index (κ2) is 36.3. The largest absolute Gasteiger partial charge is 0.479 e. The Morgan fingerprint density at radius 2 is 0.839 bits per heavy atom. The highest BCUT2D eigenvalue weighted by molar-refractivity contribution is 5.73. The van der Waals surface area contributed by atoms with Crippen LogP contribution in [0.15, 0.2) is 0 Å². The first-order valence-corrected chi connectivity index (χ1v) is 23.1. The van der Waals surface area contributed by atoms with E-state index in [0.29, 0.717) is 12.8 Å². The lowest BCUT2D eigenvalue weighted by Gasteiger charge is -2.38. The molecule has 11 heteroatoms. The summed E-state index contributed by atoms with van der Waals surface area (Å²) in [5, 5.41) is 39.8. The van der Waals surface area contributed by atoms with Crippen LogP contribution < -0.4 is 0 Å². The topological polar surface area (TPSA) is 169 Å². The summed E-state index contributed by atoms with van der Waals surface area (Å²) in [6.45, 7) is 3.83. The zero-order valence-corrected chi connectivity index (χ0v) is 35.7. The molecular formula is C45H84O11. The molecule has 0 aliphatic carbocycles. The molecule has 0 saturated carbocycles. The number of unbranched alkanes of at least 4 members (excludes halogenated alkanes) is 28. The van der Waals surface area contributed by atoms with E-state index < -0.39 is 54.7 Å². The number of ether oxygens (including phenoxy) is 4. The van der Waals surface area contributed by atoms with Crippen molar-refractivity contribution in [3.8, 4) is 0 Å². The van der Waals surface area contributed by atoms with Crippen LogP contribution in [-0.4, -0.2) is 88.4 Å². The lowest BCUT2D eigenvalue weighted by atomic mass is 9.99. The third-order valence-corrected chi connectivity index (χ3v) is 11.0. The monoisotopic (exact) mass is 801 g/mol. The summed E-state index contributed by atoms with van der Waals surface area (Å²) in [7, 11) is 0. The third kappa shape index (κ3) is 27.8. The van der Waals surface area contributed by atoms with Gasteiger partial charge in [0, 0.05) is 12.8 Å². The fourth-order valence-electron chi connectivity index (χ4n) is 7.29. The van der Waals surface area contributed by atoms with E-state index in [-0.39, 0.29) is 26.1 Å². The van der Waals surface area contributed by atoms with E-state index in [2.05, 4.69) is 13.8 Å². The normalized spacial score (nSPS) is 20.2. The van der Waals surface area contributed by atoms with Gasteiger partial charge in [-0.2, -0.15) is 0 Å². The molecule has 1 rings (SSSR count). The van der Waals surface area contributed by atoms with Gasteiger partial charge in [-0.1, -0.05) is 194 Å². The summed E-state index contributed by atoms with van der Waals surface area (Å²) in [5.74, 6) is -2.43. The van der Waals surface area contributed by atoms with Crippen molar-refractivity contribution in [1.29, 1.82) is 0 Å².